The van der Waals surface area contributed by atoms with Gasteiger partial charge in [-0.05, 0) is 35.4 Å². The molecule has 5 nitrogen and oxygen atoms in total. The summed E-state index contributed by atoms with van der Waals surface area (Å²) in [7, 11) is 0. The predicted molar refractivity (Wildman–Crippen MR) is 97.0 cm³/mol. The topological polar surface area (TPSA) is 84.2 Å². The zero-order valence-electron chi connectivity index (χ0n) is 14.1. The lowest BCUT2D eigenvalue weighted by Crippen LogP contribution is -2.47. The van der Waals surface area contributed by atoms with Crippen LogP contribution in [0.2, 0.25) is 0 Å². The molecule has 0 aliphatic rings. The first-order valence-electron chi connectivity index (χ1n) is 7.88. The fourth-order valence-electron chi connectivity index (χ4n) is 2.43. The maximum Gasteiger partial charge on any atom is 0.318 e. The van der Waals surface area contributed by atoms with Crippen LogP contribution in [0, 0.1) is 0 Å². The summed E-state index contributed by atoms with van der Waals surface area (Å²) in [5.74, 6) is 0.0234. The van der Waals surface area contributed by atoms with E-state index in [1.54, 1.807) is 18.3 Å². The summed E-state index contributed by atoms with van der Waals surface area (Å²) in [5, 5.41) is 7.39. The van der Waals surface area contributed by atoms with E-state index in [2.05, 4.69) is 48.7 Å². The van der Waals surface area contributed by atoms with Crippen LogP contribution in [0.4, 0.5) is 4.79 Å². The monoisotopic (exact) mass is 345 g/mol. The van der Waals surface area contributed by atoms with Crippen molar-refractivity contribution >= 4 is 23.3 Å². The second-order valence-electron chi connectivity index (χ2n) is 6.01. The molecular formula is C18H23N3O2S. The van der Waals surface area contributed by atoms with Crippen molar-refractivity contribution in [1.82, 2.24) is 10.6 Å². The Morgan fingerprint density at radius 3 is 2.17 bits per heavy atom. The zero-order chi connectivity index (χ0) is 17.7. The van der Waals surface area contributed by atoms with E-state index in [4.69, 9.17) is 5.73 Å². The summed E-state index contributed by atoms with van der Waals surface area (Å²) in [6, 6.07) is 10.8. The van der Waals surface area contributed by atoms with Gasteiger partial charge in [0.2, 0.25) is 5.91 Å². The Bertz CT molecular complexity index is 681. The molecule has 0 bridgehead atoms. The number of carbonyl (C=O) groups excluding carboxylic acids is 2. The highest BCUT2D eigenvalue weighted by molar-refractivity contribution is 7.10. The first kappa shape index (κ1) is 18.2. The van der Waals surface area contributed by atoms with E-state index in [9.17, 15) is 9.59 Å². The van der Waals surface area contributed by atoms with Gasteiger partial charge in [-0.15, -0.1) is 11.3 Å². The van der Waals surface area contributed by atoms with Gasteiger partial charge >= 0.3 is 6.03 Å². The van der Waals surface area contributed by atoms with Crippen molar-refractivity contribution in [1.29, 1.82) is 0 Å². The molecule has 2 rings (SSSR count). The van der Waals surface area contributed by atoms with Gasteiger partial charge in [-0.3, -0.25) is 15.4 Å². The van der Waals surface area contributed by atoms with Gasteiger partial charge < -0.3 is 5.73 Å². The molecule has 1 aromatic carbocycles. The number of rotatable bonds is 6. The minimum Gasteiger partial charge on any atom is -0.351 e. The normalized spacial score (nSPS) is 13.5. The van der Waals surface area contributed by atoms with E-state index in [1.807, 2.05) is 17.5 Å². The van der Waals surface area contributed by atoms with Gasteiger partial charge in [0.15, 0.2) is 0 Å². The van der Waals surface area contributed by atoms with Crippen molar-refractivity contribution < 1.29 is 9.59 Å². The second kappa shape index (κ2) is 8.08. The summed E-state index contributed by atoms with van der Waals surface area (Å²) in [4.78, 5) is 23.9. The third-order valence-corrected chi connectivity index (χ3v) is 4.76. The molecule has 2 aromatic rings. The van der Waals surface area contributed by atoms with E-state index in [0.717, 1.165) is 10.4 Å². The predicted octanol–water partition coefficient (Wildman–Crippen LogP) is 3.13. The van der Waals surface area contributed by atoms with Crippen LogP contribution in [0.5, 0.6) is 0 Å². The highest BCUT2D eigenvalue weighted by atomic mass is 32.1. The van der Waals surface area contributed by atoms with Crippen molar-refractivity contribution in [3.05, 3.63) is 57.8 Å². The number of nitrogens with one attached hydrogen (secondary N) is 2. The quantitative estimate of drug-likeness (QED) is 0.752. The van der Waals surface area contributed by atoms with Gasteiger partial charge in [0, 0.05) is 4.88 Å². The maximum atomic E-state index is 12.0. The van der Waals surface area contributed by atoms with Crippen molar-refractivity contribution in [3.8, 4) is 0 Å². The number of carbonyl (C=O) groups is 2. The number of urea groups is 1. The number of imide groups is 1. The van der Waals surface area contributed by atoms with Crippen LogP contribution in [0.15, 0.2) is 41.8 Å². The van der Waals surface area contributed by atoms with Gasteiger partial charge in [-0.1, -0.05) is 44.2 Å². The molecule has 0 aliphatic heterocycles. The molecule has 2 atom stereocenters. The van der Waals surface area contributed by atoms with Gasteiger partial charge in [0.25, 0.3) is 0 Å². The Labute approximate surface area is 146 Å². The van der Waals surface area contributed by atoms with Crippen molar-refractivity contribution in [2.75, 3.05) is 0 Å². The van der Waals surface area contributed by atoms with Crippen LogP contribution in [0.25, 0.3) is 0 Å². The molecule has 0 unspecified atom stereocenters. The summed E-state index contributed by atoms with van der Waals surface area (Å²) in [5.41, 5.74) is 7.35. The number of nitrogens with two attached hydrogens (primary N) is 1. The number of hydrogen-bond donors (Lipinski definition) is 3. The first-order valence-corrected chi connectivity index (χ1v) is 8.76. The Morgan fingerprint density at radius 2 is 1.67 bits per heavy atom. The summed E-state index contributed by atoms with van der Waals surface area (Å²) in [6.45, 7) is 6.02. The standard InChI is InChI=1S/C18H23N3O2S/c1-11(2)13-6-8-14(9-7-13)16(15-5-4-10-24-15)20-12(3)17(22)21-18(19)23/h4-12,16,20H,1-3H3,(H3,19,21,22,23)/t12-,16+/m1/s1. The first-order chi connectivity index (χ1) is 11.4. The third-order valence-electron chi connectivity index (χ3n) is 3.82. The van der Waals surface area contributed by atoms with Gasteiger partial charge in [-0.25, -0.2) is 4.79 Å². The number of benzene rings is 1. The molecule has 0 saturated heterocycles. The Hall–Kier alpha value is -2.18. The lowest BCUT2D eigenvalue weighted by Gasteiger charge is -2.22. The highest BCUT2D eigenvalue weighted by Crippen LogP contribution is 2.28. The number of hydrogen-bond acceptors (Lipinski definition) is 4. The van der Waals surface area contributed by atoms with Crippen LogP contribution in [-0.2, 0) is 4.79 Å². The molecular weight excluding hydrogens is 322 g/mol. The van der Waals surface area contributed by atoms with E-state index >= 15 is 0 Å². The molecule has 1 aromatic heterocycles. The fraction of sp³-hybridized carbons (Fsp3) is 0.333. The molecule has 0 aliphatic carbocycles. The molecule has 3 amide bonds. The van der Waals surface area contributed by atoms with Crippen molar-refractivity contribution in [2.45, 2.75) is 38.8 Å². The zero-order valence-corrected chi connectivity index (χ0v) is 14.9. The highest BCUT2D eigenvalue weighted by Gasteiger charge is 2.22. The van der Waals surface area contributed by atoms with Crippen LogP contribution in [0.1, 0.15) is 48.7 Å². The Morgan fingerprint density at radius 1 is 1.04 bits per heavy atom. The minimum atomic E-state index is -0.845. The Balaban J connectivity index is 2.22. The van der Waals surface area contributed by atoms with E-state index in [-0.39, 0.29) is 6.04 Å². The Kier molecular flexibility index (Phi) is 6.11. The van der Waals surface area contributed by atoms with E-state index in [0.29, 0.717) is 5.92 Å². The van der Waals surface area contributed by atoms with Crippen molar-refractivity contribution in [2.24, 2.45) is 5.73 Å². The minimum absolute atomic E-state index is 0.125. The number of amides is 3. The average Bonchev–Trinajstić information content (AvgIpc) is 3.06. The molecule has 128 valence electrons. The van der Waals surface area contributed by atoms with E-state index < -0.39 is 18.0 Å². The summed E-state index contributed by atoms with van der Waals surface area (Å²) < 4.78 is 0. The second-order valence-corrected chi connectivity index (χ2v) is 6.99. The molecule has 0 radical (unpaired) electrons. The SMILES string of the molecule is CC(C)c1ccc([C@H](N[C@H](C)C(=O)NC(N)=O)c2cccs2)cc1. The third kappa shape index (κ3) is 4.66. The molecule has 1 heterocycles. The van der Waals surface area contributed by atoms with Gasteiger partial charge in [0.1, 0.15) is 0 Å². The lowest BCUT2D eigenvalue weighted by molar-refractivity contribution is -0.121. The van der Waals surface area contributed by atoms with Crippen LogP contribution in [-0.4, -0.2) is 18.0 Å². The largest absolute Gasteiger partial charge is 0.351 e. The summed E-state index contributed by atoms with van der Waals surface area (Å²) >= 11 is 1.62. The number of thiophene rings is 1. The van der Waals surface area contributed by atoms with Crippen LogP contribution < -0.4 is 16.4 Å². The maximum absolute atomic E-state index is 12.0. The lowest BCUT2D eigenvalue weighted by atomic mass is 9.98. The van der Waals surface area contributed by atoms with Gasteiger partial charge in [0.05, 0.1) is 12.1 Å². The molecule has 6 heteroatoms. The van der Waals surface area contributed by atoms with Crippen LogP contribution in [0.3, 0.4) is 0 Å². The average molecular weight is 345 g/mol. The van der Waals surface area contributed by atoms with Crippen molar-refractivity contribution in [3.63, 3.8) is 0 Å². The molecule has 4 N–H and O–H groups in total. The van der Waals surface area contributed by atoms with E-state index in [1.165, 1.54) is 5.56 Å². The molecule has 24 heavy (non-hydrogen) atoms. The number of primary amides is 1. The van der Waals surface area contributed by atoms with Gasteiger partial charge in [-0.2, -0.15) is 0 Å². The van der Waals surface area contributed by atoms with Crippen LogP contribution >= 0.6 is 11.3 Å². The summed E-state index contributed by atoms with van der Waals surface area (Å²) in [6.07, 6.45) is 0. The molecule has 0 spiro atoms. The molecule has 0 saturated carbocycles. The smallest absolute Gasteiger partial charge is 0.318 e. The molecule has 0 fully saturated rings. The fourth-order valence-corrected chi connectivity index (χ4v) is 3.24.